The first kappa shape index (κ1) is 14.5. The number of oxazole rings is 1. The number of anilines is 1. The van der Waals surface area contributed by atoms with E-state index < -0.39 is 0 Å². The predicted octanol–water partition coefficient (Wildman–Crippen LogP) is 4.55. The van der Waals surface area contributed by atoms with E-state index in [2.05, 4.69) is 26.2 Å². The number of carbonyl (C=O) groups excluding carboxylic acids is 1. The van der Waals surface area contributed by atoms with Crippen LogP contribution in [-0.4, -0.2) is 10.9 Å². The molecule has 0 bridgehead atoms. The number of rotatable bonds is 3. The van der Waals surface area contributed by atoms with Crippen LogP contribution in [0.2, 0.25) is 0 Å². The summed E-state index contributed by atoms with van der Waals surface area (Å²) >= 11 is 3.44. The Hall–Kier alpha value is -2.40. The molecule has 110 valence electrons. The van der Waals surface area contributed by atoms with Gasteiger partial charge in [-0.1, -0.05) is 34.1 Å². The molecule has 22 heavy (non-hydrogen) atoms. The summed E-state index contributed by atoms with van der Waals surface area (Å²) in [6, 6.07) is 13.1. The third-order valence-electron chi connectivity index (χ3n) is 3.08. The lowest BCUT2D eigenvalue weighted by Gasteiger charge is -2.01. The smallest absolute Gasteiger partial charge is 0.248 e. The minimum Gasteiger partial charge on any atom is -0.441 e. The Labute approximate surface area is 136 Å². The van der Waals surface area contributed by atoms with Crippen molar-refractivity contribution in [3.05, 3.63) is 64.5 Å². The van der Waals surface area contributed by atoms with Gasteiger partial charge in [-0.15, -0.1) is 0 Å². The summed E-state index contributed by atoms with van der Waals surface area (Å²) < 4.78 is 6.35. The lowest BCUT2D eigenvalue weighted by Crippen LogP contribution is -2.07. The number of amides is 1. The van der Waals surface area contributed by atoms with Crippen molar-refractivity contribution in [1.82, 2.24) is 4.98 Å². The molecule has 1 heterocycles. The van der Waals surface area contributed by atoms with E-state index in [1.807, 2.05) is 24.3 Å². The summed E-state index contributed by atoms with van der Waals surface area (Å²) in [4.78, 5) is 16.2. The molecule has 5 heteroatoms. The van der Waals surface area contributed by atoms with Crippen LogP contribution in [0.4, 0.5) is 5.69 Å². The van der Waals surface area contributed by atoms with Crippen LogP contribution in [-0.2, 0) is 4.79 Å². The number of aryl methyl sites for hydroxylation is 1. The Morgan fingerprint density at radius 1 is 1.27 bits per heavy atom. The molecule has 0 spiro atoms. The maximum atomic E-state index is 12.0. The molecule has 1 aromatic heterocycles. The topological polar surface area (TPSA) is 55.1 Å². The summed E-state index contributed by atoms with van der Waals surface area (Å²) in [5.41, 5.74) is 3.06. The highest BCUT2D eigenvalue weighted by Gasteiger charge is 2.04. The number of hydrogen-bond acceptors (Lipinski definition) is 3. The van der Waals surface area contributed by atoms with Crippen LogP contribution in [0.25, 0.3) is 17.2 Å². The fourth-order valence-electron chi connectivity index (χ4n) is 2.08. The second-order valence-corrected chi connectivity index (χ2v) is 5.61. The molecule has 0 aliphatic carbocycles. The van der Waals surface area contributed by atoms with E-state index in [9.17, 15) is 4.79 Å². The zero-order chi connectivity index (χ0) is 15.5. The number of fused-ring (bicyclic) bond motifs is 1. The van der Waals surface area contributed by atoms with Crippen LogP contribution in [0.15, 0.2) is 57.4 Å². The van der Waals surface area contributed by atoms with Crippen LogP contribution in [0, 0.1) is 6.92 Å². The van der Waals surface area contributed by atoms with Crippen molar-refractivity contribution >= 4 is 44.7 Å². The van der Waals surface area contributed by atoms with Gasteiger partial charge >= 0.3 is 0 Å². The van der Waals surface area contributed by atoms with Crippen molar-refractivity contribution in [2.75, 3.05) is 5.32 Å². The Bertz CT molecular complexity index is 868. The monoisotopic (exact) mass is 356 g/mol. The molecule has 0 saturated carbocycles. The van der Waals surface area contributed by atoms with Crippen molar-refractivity contribution in [1.29, 1.82) is 0 Å². The van der Waals surface area contributed by atoms with E-state index >= 15 is 0 Å². The molecular formula is C17H13BrN2O2. The van der Waals surface area contributed by atoms with Gasteiger partial charge in [0.05, 0.1) is 0 Å². The summed E-state index contributed by atoms with van der Waals surface area (Å²) in [5.74, 6) is 0.405. The Kier molecular flexibility index (Phi) is 4.06. The van der Waals surface area contributed by atoms with Crippen molar-refractivity contribution in [2.45, 2.75) is 6.92 Å². The Balaban J connectivity index is 1.74. The van der Waals surface area contributed by atoms with Gasteiger partial charge in [-0.05, 0) is 35.9 Å². The molecule has 0 fully saturated rings. The lowest BCUT2D eigenvalue weighted by molar-refractivity contribution is -0.111. The van der Waals surface area contributed by atoms with Crippen molar-refractivity contribution in [3.8, 4) is 0 Å². The molecule has 0 atom stereocenters. The normalized spacial score (nSPS) is 11.2. The van der Waals surface area contributed by atoms with Crippen molar-refractivity contribution < 1.29 is 9.21 Å². The van der Waals surface area contributed by atoms with Gasteiger partial charge in [-0.3, -0.25) is 4.79 Å². The van der Waals surface area contributed by atoms with E-state index in [0.717, 1.165) is 15.6 Å². The molecule has 3 aromatic rings. The SMILES string of the molecule is Cc1nc2cc(NC(=O)/C=C/c3ccccc3Br)ccc2o1. The standard InChI is InChI=1S/C17H13BrN2O2/c1-11-19-15-10-13(7-8-16(15)22-11)20-17(21)9-6-12-4-2-3-5-14(12)18/h2-10H,1H3,(H,20,21)/b9-6+. The first-order valence-corrected chi connectivity index (χ1v) is 7.52. The molecule has 4 nitrogen and oxygen atoms in total. The molecule has 0 saturated heterocycles. The molecular weight excluding hydrogens is 344 g/mol. The average molecular weight is 357 g/mol. The van der Waals surface area contributed by atoms with Gasteiger partial charge in [0.15, 0.2) is 11.5 Å². The van der Waals surface area contributed by atoms with Gasteiger partial charge in [0.25, 0.3) is 0 Å². The maximum absolute atomic E-state index is 12.0. The first-order valence-electron chi connectivity index (χ1n) is 6.72. The van der Waals surface area contributed by atoms with Gasteiger partial charge in [-0.2, -0.15) is 0 Å². The number of benzene rings is 2. The minimum atomic E-state index is -0.199. The van der Waals surface area contributed by atoms with E-state index in [4.69, 9.17) is 4.42 Å². The largest absolute Gasteiger partial charge is 0.441 e. The number of nitrogens with one attached hydrogen (secondary N) is 1. The highest BCUT2D eigenvalue weighted by Crippen LogP contribution is 2.20. The Morgan fingerprint density at radius 2 is 2.09 bits per heavy atom. The average Bonchev–Trinajstić information content (AvgIpc) is 2.86. The second-order valence-electron chi connectivity index (χ2n) is 4.76. The first-order chi connectivity index (χ1) is 10.6. The molecule has 0 aliphatic rings. The van der Waals surface area contributed by atoms with E-state index in [0.29, 0.717) is 17.2 Å². The van der Waals surface area contributed by atoms with Crippen molar-refractivity contribution in [3.63, 3.8) is 0 Å². The van der Waals surface area contributed by atoms with E-state index in [1.165, 1.54) is 6.08 Å². The fraction of sp³-hybridized carbons (Fsp3) is 0.0588. The van der Waals surface area contributed by atoms with Crippen LogP contribution < -0.4 is 5.32 Å². The minimum absolute atomic E-state index is 0.199. The molecule has 0 aliphatic heterocycles. The molecule has 0 unspecified atom stereocenters. The van der Waals surface area contributed by atoms with Crippen LogP contribution in [0.3, 0.4) is 0 Å². The quantitative estimate of drug-likeness (QED) is 0.700. The summed E-state index contributed by atoms with van der Waals surface area (Å²) in [6.07, 6.45) is 3.26. The molecule has 1 N–H and O–H groups in total. The zero-order valence-electron chi connectivity index (χ0n) is 11.8. The third kappa shape index (κ3) is 3.26. The second kappa shape index (κ2) is 6.15. The number of carbonyl (C=O) groups is 1. The van der Waals surface area contributed by atoms with Crippen molar-refractivity contribution in [2.24, 2.45) is 0 Å². The van der Waals surface area contributed by atoms with E-state index in [-0.39, 0.29) is 5.91 Å². The van der Waals surface area contributed by atoms with Gasteiger partial charge in [0.2, 0.25) is 5.91 Å². The molecule has 2 aromatic carbocycles. The number of nitrogens with zero attached hydrogens (tertiary/aromatic N) is 1. The fourth-order valence-corrected chi connectivity index (χ4v) is 2.50. The predicted molar refractivity (Wildman–Crippen MR) is 90.6 cm³/mol. The van der Waals surface area contributed by atoms with Crippen LogP contribution >= 0.6 is 15.9 Å². The molecule has 1 amide bonds. The van der Waals surface area contributed by atoms with Gasteiger partial charge < -0.3 is 9.73 Å². The maximum Gasteiger partial charge on any atom is 0.248 e. The summed E-state index contributed by atoms with van der Waals surface area (Å²) in [7, 11) is 0. The highest BCUT2D eigenvalue weighted by atomic mass is 79.9. The van der Waals surface area contributed by atoms with Crippen LogP contribution in [0.1, 0.15) is 11.5 Å². The number of aromatic nitrogens is 1. The summed E-state index contributed by atoms with van der Waals surface area (Å²) in [5, 5.41) is 2.81. The van der Waals surface area contributed by atoms with Gasteiger partial charge in [0, 0.05) is 23.2 Å². The highest BCUT2D eigenvalue weighted by molar-refractivity contribution is 9.10. The lowest BCUT2D eigenvalue weighted by atomic mass is 10.2. The zero-order valence-corrected chi connectivity index (χ0v) is 13.4. The third-order valence-corrected chi connectivity index (χ3v) is 3.80. The van der Waals surface area contributed by atoms with Crippen LogP contribution in [0.5, 0.6) is 0 Å². The summed E-state index contributed by atoms with van der Waals surface area (Å²) in [6.45, 7) is 1.79. The number of hydrogen-bond donors (Lipinski definition) is 1. The molecule has 3 rings (SSSR count). The van der Waals surface area contributed by atoms with Gasteiger partial charge in [0.1, 0.15) is 5.52 Å². The van der Waals surface area contributed by atoms with E-state index in [1.54, 1.807) is 31.2 Å². The number of halogens is 1. The Morgan fingerprint density at radius 3 is 2.91 bits per heavy atom. The molecule has 0 radical (unpaired) electrons. The van der Waals surface area contributed by atoms with Gasteiger partial charge in [-0.25, -0.2) is 4.98 Å².